The number of hydrogen-bond acceptors (Lipinski definition) is 2. The summed E-state index contributed by atoms with van der Waals surface area (Å²) in [5.74, 6) is 0.966. The molecule has 2 aromatic carbocycles. The van der Waals surface area contributed by atoms with Gasteiger partial charge in [-0.15, -0.1) is 0 Å². The Bertz CT molecular complexity index is 738. The average molecular weight is 329 g/mol. The van der Waals surface area contributed by atoms with Crippen LogP contribution >= 0.6 is 0 Å². The summed E-state index contributed by atoms with van der Waals surface area (Å²) in [4.78, 5) is 13.6. The molecule has 2 aromatic rings. The summed E-state index contributed by atoms with van der Waals surface area (Å²) in [6.07, 6.45) is 0. The van der Waals surface area contributed by atoms with Crippen molar-refractivity contribution in [3.05, 3.63) is 70.3 Å². The van der Waals surface area contributed by atoms with Crippen LogP contribution in [0.4, 0.5) is 0 Å². The van der Waals surface area contributed by atoms with E-state index in [1.165, 1.54) is 11.1 Å². The predicted octanol–water partition coefficient (Wildman–Crippen LogP) is 3.45. The summed E-state index contributed by atoms with van der Waals surface area (Å²) < 4.78 is 12.5. The normalized spacial score (nSPS) is 12.0. The lowest BCUT2D eigenvalue weighted by molar-refractivity contribution is 0.0827. The maximum atomic E-state index is 12.5. The second-order valence-electron chi connectivity index (χ2n) is 6.06. The van der Waals surface area contributed by atoms with Gasteiger partial charge in [0.25, 0.3) is 5.91 Å². The first-order chi connectivity index (χ1) is 10.9. The fourth-order valence-electron chi connectivity index (χ4n) is 2.42. The highest BCUT2D eigenvalue weighted by Gasteiger charge is 2.10. The first kappa shape index (κ1) is 17.4. The number of aryl methyl sites for hydroxylation is 2. The third-order valence-electron chi connectivity index (χ3n) is 3.73. The molecule has 0 spiro atoms. The zero-order chi connectivity index (χ0) is 17.0. The fourth-order valence-corrected chi connectivity index (χ4v) is 3.73. The molecule has 0 unspecified atom stereocenters. The molecule has 0 fully saturated rings. The lowest BCUT2D eigenvalue weighted by Gasteiger charge is -2.11. The molecule has 0 aromatic heterocycles. The van der Waals surface area contributed by atoms with Gasteiger partial charge in [-0.25, -0.2) is 0 Å². The quantitative estimate of drug-likeness (QED) is 0.842. The number of benzene rings is 2. The number of carbonyl (C=O) groups excluding carboxylic acids is 1. The van der Waals surface area contributed by atoms with E-state index >= 15 is 0 Å². The Balaban J connectivity index is 2.10. The predicted molar refractivity (Wildman–Crippen MR) is 95.9 cm³/mol. The highest BCUT2D eigenvalue weighted by Crippen LogP contribution is 2.16. The van der Waals surface area contributed by atoms with E-state index in [9.17, 15) is 9.00 Å². The number of rotatable bonds is 5. The molecule has 0 aliphatic heterocycles. The SMILES string of the molecule is Cc1ccc(C)c(C[S@@](=O)Cc2cccc(C(=O)N(C)C)c2)c1. The highest BCUT2D eigenvalue weighted by molar-refractivity contribution is 7.83. The number of carbonyl (C=O) groups is 1. The summed E-state index contributed by atoms with van der Waals surface area (Å²) in [5, 5.41) is 0. The molecule has 0 aliphatic carbocycles. The molecule has 0 N–H and O–H groups in total. The zero-order valence-electron chi connectivity index (χ0n) is 14.1. The lowest BCUT2D eigenvalue weighted by atomic mass is 10.1. The van der Waals surface area contributed by atoms with Crippen molar-refractivity contribution < 1.29 is 9.00 Å². The highest BCUT2D eigenvalue weighted by atomic mass is 32.2. The summed E-state index contributed by atoms with van der Waals surface area (Å²) in [5.41, 5.74) is 5.04. The van der Waals surface area contributed by atoms with Crippen molar-refractivity contribution >= 4 is 16.7 Å². The molecular weight excluding hydrogens is 306 g/mol. The van der Waals surface area contributed by atoms with Crippen molar-refractivity contribution in [2.45, 2.75) is 25.4 Å². The first-order valence-corrected chi connectivity index (χ1v) is 9.07. The van der Waals surface area contributed by atoms with Crippen molar-refractivity contribution in [3.8, 4) is 0 Å². The van der Waals surface area contributed by atoms with E-state index in [0.717, 1.165) is 11.1 Å². The molecule has 4 heteroatoms. The Morgan fingerprint density at radius 2 is 1.78 bits per heavy atom. The third kappa shape index (κ3) is 4.76. The van der Waals surface area contributed by atoms with E-state index in [1.54, 1.807) is 25.1 Å². The number of hydrogen-bond donors (Lipinski definition) is 0. The van der Waals surface area contributed by atoms with E-state index in [-0.39, 0.29) is 5.91 Å². The van der Waals surface area contributed by atoms with E-state index < -0.39 is 10.8 Å². The van der Waals surface area contributed by atoms with Crippen LogP contribution in [0, 0.1) is 13.8 Å². The van der Waals surface area contributed by atoms with Crippen LogP contribution in [0.15, 0.2) is 42.5 Å². The van der Waals surface area contributed by atoms with Gasteiger partial charge in [-0.3, -0.25) is 9.00 Å². The van der Waals surface area contributed by atoms with Crippen molar-refractivity contribution in [2.75, 3.05) is 14.1 Å². The topological polar surface area (TPSA) is 37.4 Å². The van der Waals surface area contributed by atoms with Crippen LogP contribution in [0.25, 0.3) is 0 Å². The van der Waals surface area contributed by atoms with Gasteiger partial charge in [-0.2, -0.15) is 0 Å². The second-order valence-corrected chi connectivity index (χ2v) is 7.52. The molecule has 23 heavy (non-hydrogen) atoms. The smallest absolute Gasteiger partial charge is 0.253 e. The van der Waals surface area contributed by atoms with Gasteiger partial charge in [-0.1, -0.05) is 35.9 Å². The Labute approximate surface area is 140 Å². The molecule has 0 radical (unpaired) electrons. The van der Waals surface area contributed by atoms with E-state index in [0.29, 0.717) is 17.1 Å². The molecule has 0 saturated heterocycles. The van der Waals surface area contributed by atoms with E-state index in [4.69, 9.17) is 0 Å². The minimum absolute atomic E-state index is 0.0350. The van der Waals surface area contributed by atoms with Gasteiger partial charge in [0.1, 0.15) is 0 Å². The molecule has 122 valence electrons. The maximum Gasteiger partial charge on any atom is 0.253 e. The van der Waals surface area contributed by atoms with Crippen LogP contribution in [0.3, 0.4) is 0 Å². The minimum atomic E-state index is -0.998. The molecule has 0 heterocycles. The van der Waals surface area contributed by atoms with Gasteiger partial charge in [0.05, 0.1) is 0 Å². The Morgan fingerprint density at radius 1 is 1.04 bits per heavy atom. The summed E-state index contributed by atoms with van der Waals surface area (Å²) in [6, 6.07) is 13.6. The largest absolute Gasteiger partial charge is 0.345 e. The molecule has 2 rings (SSSR count). The molecule has 1 atom stereocenters. The molecular formula is C19H23NO2S. The van der Waals surface area contributed by atoms with Crippen LogP contribution in [0.2, 0.25) is 0 Å². The van der Waals surface area contributed by atoms with Crippen molar-refractivity contribution in [1.82, 2.24) is 4.90 Å². The van der Waals surface area contributed by atoms with Crippen LogP contribution in [-0.2, 0) is 22.3 Å². The first-order valence-electron chi connectivity index (χ1n) is 7.58. The molecule has 0 saturated carbocycles. The minimum Gasteiger partial charge on any atom is -0.345 e. The maximum absolute atomic E-state index is 12.5. The third-order valence-corrected chi connectivity index (χ3v) is 5.02. The van der Waals surface area contributed by atoms with Crippen molar-refractivity contribution in [1.29, 1.82) is 0 Å². The zero-order valence-corrected chi connectivity index (χ0v) is 14.9. The summed E-state index contributed by atoms with van der Waals surface area (Å²) in [6.45, 7) is 4.09. The van der Waals surface area contributed by atoms with Gasteiger partial charge in [-0.05, 0) is 42.7 Å². The second kappa shape index (κ2) is 7.55. The van der Waals surface area contributed by atoms with Crippen LogP contribution in [0.1, 0.15) is 32.6 Å². The number of nitrogens with zero attached hydrogens (tertiary/aromatic N) is 1. The Hall–Kier alpha value is -1.94. The Kier molecular flexibility index (Phi) is 5.72. The standard InChI is InChI=1S/C19H23NO2S/c1-14-8-9-15(2)18(10-14)13-23(22)12-16-6-5-7-17(11-16)19(21)20(3)4/h5-11H,12-13H2,1-4H3/t23-/m0/s1. The van der Waals surface area contributed by atoms with Crippen LogP contribution in [-0.4, -0.2) is 29.1 Å². The molecule has 3 nitrogen and oxygen atoms in total. The van der Waals surface area contributed by atoms with Gasteiger partial charge < -0.3 is 4.90 Å². The molecule has 1 amide bonds. The molecule has 0 bridgehead atoms. The Morgan fingerprint density at radius 3 is 2.48 bits per heavy atom. The van der Waals surface area contributed by atoms with Gasteiger partial charge in [0.15, 0.2) is 0 Å². The fraction of sp³-hybridized carbons (Fsp3) is 0.316. The number of amides is 1. The monoisotopic (exact) mass is 329 g/mol. The van der Waals surface area contributed by atoms with E-state index in [1.807, 2.05) is 32.0 Å². The lowest BCUT2D eigenvalue weighted by Crippen LogP contribution is -2.21. The van der Waals surface area contributed by atoms with Crippen molar-refractivity contribution in [3.63, 3.8) is 0 Å². The van der Waals surface area contributed by atoms with Gasteiger partial charge in [0, 0.05) is 42.0 Å². The van der Waals surface area contributed by atoms with Crippen LogP contribution < -0.4 is 0 Å². The summed E-state index contributed by atoms with van der Waals surface area (Å²) >= 11 is 0. The summed E-state index contributed by atoms with van der Waals surface area (Å²) in [7, 11) is 2.46. The van der Waals surface area contributed by atoms with E-state index in [2.05, 4.69) is 18.2 Å². The molecule has 0 aliphatic rings. The van der Waals surface area contributed by atoms with Crippen molar-refractivity contribution in [2.24, 2.45) is 0 Å². The van der Waals surface area contributed by atoms with Crippen LogP contribution in [0.5, 0.6) is 0 Å². The van der Waals surface area contributed by atoms with Gasteiger partial charge in [0.2, 0.25) is 0 Å². The van der Waals surface area contributed by atoms with Gasteiger partial charge >= 0.3 is 0 Å². The average Bonchev–Trinajstić information content (AvgIpc) is 2.50.